The molecule has 19 heavy (non-hydrogen) atoms. The van der Waals surface area contributed by atoms with Crippen LogP contribution in [0.3, 0.4) is 0 Å². The van der Waals surface area contributed by atoms with Crippen LogP contribution in [0.4, 0.5) is 0 Å². The summed E-state index contributed by atoms with van der Waals surface area (Å²) >= 11 is 7.59. The zero-order chi connectivity index (χ0) is 13.7. The van der Waals surface area contributed by atoms with Gasteiger partial charge in [0.2, 0.25) is 0 Å². The molecule has 0 saturated carbocycles. The molecular formula is C14H19ClN2OS. The highest BCUT2D eigenvalue weighted by Crippen LogP contribution is 2.22. The van der Waals surface area contributed by atoms with E-state index in [1.54, 1.807) is 17.6 Å². The Morgan fingerprint density at radius 3 is 2.89 bits per heavy atom. The van der Waals surface area contributed by atoms with Gasteiger partial charge < -0.3 is 9.73 Å². The average molecular weight is 299 g/mol. The van der Waals surface area contributed by atoms with Crippen molar-refractivity contribution in [1.82, 2.24) is 10.2 Å². The van der Waals surface area contributed by atoms with Crippen molar-refractivity contribution in [2.75, 3.05) is 13.6 Å². The topological polar surface area (TPSA) is 28.4 Å². The third-order valence-electron chi connectivity index (χ3n) is 3.11. The average Bonchev–Trinajstić information content (AvgIpc) is 3.01. The summed E-state index contributed by atoms with van der Waals surface area (Å²) in [6.45, 7) is 4.84. The van der Waals surface area contributed by atoms with Crippen LogP contribution in [0.5, 0.6) is 0 Å². The predicted molar refractivity (Wildman–Crippen MR) is 80.7 cm³/mol. The lowest BCUT2D eigenvalue weighted by atomic mass is 10.3. The van der Waals surface area contributed by atoms with Crippen LogP contribution < -0.4 is 5.32 Å². The number of likely N-dealkylation sites (N-methyl/N-ethyl adjacent to an activating group) is 1. The minimum atomic E-state index is 0.454. The first kappa shape index (κ1) is 14.6. The van der Waals surface area contributed by atoms with E-state index in [-0.39, 0.29) is 0 Å². The smallest absolute Gasteiger partial charge is 0.117 e. The molecule has 0 aliphatic heterocycles. The maximum atomic E-state index is 5.94. The first-order valence-electron chi connectivity index (χ1n) is 6.32. The summed E-state index contributed by atoms with van der Waals surface area (Å²) in [5.74, 6) is 0.972. The molecule has 1 N–H and O–H groups in total. The van der Waals surface area contributed by atoms with E-state index in [0.29, 0.717) is 6.04 Å². The Morgan fingerprint density at radius 2 is 2.26 bits per heavy atom. The highest BCUT2D eigenvalue weighted by atomic mass is 35.5. The van der Waals surface area contributed by atoms with E-state index in [1.807, 2.05) is 18.2 Å². The SMILES string of the molecule is CC(CNCc1ccco1)N(C)Cc1ccc(Cl)s1. The van der Waals surface area contributed by atoms with Crippen LogP contribution in [0.1, 0.15) is 17.6 Å². The number of thiophene rings is 1. The van der Waals surface area contributed by atoms with Crippen molar-refractivity contribution in [2.45, 2.75) is 26.1 Å². The molecule has 0 aliphatic rings. The molecule has 104 valence electrons. The Labute approximate surface area is 123 Å². The van der Waals surface area contributed by atoms with Crippen molar-refractivity contribution in [3.63, 3.8) is 0 Å². The number of halogens is 1. The molecule has 1 unspecified atom stereocenters. The van der Waals surface area contributed by atoms with E-state index in [1.165, 1.54) is 4.88 Å². The summed E-state index contributed by atoms with van der Waals surface area (Å²) in [7, 11) is 2.13. The van der Waals surface area contributed by atoms with E-state index in [4.69, 9.17) is 16.0 Å². The van der Waals surface area contributed by atoms with Crippen molar-refractivity contribution in [2.24, 2.45) is 0 Å². The third-order valence-corrected chi connectivity index (χ3v) is 4.32. The highest BCUT2D eigenvalue weighted by molar-refractivity contribution is 7.16. The van der Waals surface area contributed by atoms with Crippen LogP contribution in [0.25, 0.3) is 0 Å². The number of nitrogens with zero attached hydrogens (tertiary/aromatic N) is 1. The highest BCUT2D eigenvalue weighted by Gasteiger charge is 2.10. The zero-order valence-corrected chi connectivity index (χ0v) is 12.8. The Bertz CT molecular complexity index is 483. The van der Waals surface area contributed by atoms with Gasteiger partial charge in [0.05, 0.1) is 17.1 Å². The molecule has 0 amide bonds. The Kier molecular flexibility index (Phi) is 5.45. The molecule has 0 radical (unpaired) electrons. The van der Waals surface area contributed by atoms with Gasteiger partial charge in [-0.2, -0.15) is 0 Å². The molecule has 0 aliphatic carbocycles. The van der Waals surface area contributed by atoms with Gasteiger partial charge in [-0.05, 0) is 38.2 Å². The van der Waals surface area contributed by atoms with E-state index in [9.17, 15) is 0 Å². The van der Waals surface area contributed by atoms with E-state index >= 15 is 0 Å². The summed E-state index contributed by atoms with van der Waals surface area (Å²) < 4.78 is 6.14. The van der Waals surface area contributed by atoms with Crippen LogP contribution in [-0.2, 0) is 13.1 Å². The zero-order valence-electron chi connectivity index (χ0n) is 11.2. The summed E-state index contributed by atoms with van der Waals surface area (Å²) in [5, 5.41) is 3.40. The van der Waals surface area contributed by atoms with Crippen molar-refractivity contribution < 1.29 is 4.42 Å². The molecule has 0 fully saturated rings. The van der Waals surface area contributed by atoms with Gasteiger partial charge >= 0.3 is 0 Å². The Morgan fingerprint density at radius 1 is 1.42 bits per heavy atom. The van der Waals surface area contributed by atoms with E-state index in [0.717, 1.165) is 29.7 Å². The number of furan rings is 1. The molecule has 2 aromatic rings. The van der Waals surface area contributed by atoms with Gasteiger partial charge in [-0.15, -0.1) is 11.3 Å². The van der Waals surface area contributed by atoms with Crippen LogP contribution in [0.15, 0.2) is 34.9 Å². The fourth-order valence-electron chi connectivity index (χ4n) is 1.81. The lowest BCUT2D eigenvalue weighted by Gasteiger charge is -2.24. The van der Waals surface area contributed by atoms with Gasteiger partial charge in [0.15, 0.2) is 0 Å². The van der Waals surface area contributed by atoms with Gasteiger partial charge in [-0.25, -0.2) is 0 Å². The van der Waals surface area contributed by atoms with Gasteiger partial charge in [-0.1, -0.05) is 11.6 Å². The van der Waals surface area contributed by atoms with Crippen molar-refractivity contribution in [1.29, 1.82) is 0 Å². The number of hydrogen-bond donors (Lipinski definition) is 1. The summed E-state index contributed by atoms with van der Waals surface area (Å²) in [4.78, 5) is 3.61. The number of hydrogen-bond acceptors (Lipinski definition) is 4. The van der Waals surface area contributed by atoms with E-state index < -0.39 is 0 Å². The third kappa shape index (κ3) is 4.66. The molecule has 0 bridgehead atoms. The molecule has 2 heterocycles. The molecule has 5 heteroatoms. The molecule has 2 rings (SSSR count). The summed E-state index contributed by atoms with van der Waals surface area (Å²) in [6, 6.07) is 8.39. The lowest BCUT2D eigenvalue weighted by Crippen LogP contribution is -2.37. The standard InChI is InChI=1S/C14H19ClN2OS/c1-11(8-16-9-12-4-3-7-18-12)17(2)10-13-5-6-14(15)19-13/h3-7,11,16H,8-10H2,1-2H3. The summed E-state index contributed by atoms with van der Waals surface area (Å²) in [5.41, 5.74) is 0. The second kappa shape index (κ2) is 7.10. The van der Waals surface area contributed by atoms with E-state index in [2.05, 4.69) is 30.3 Å². The Hall–Kier alpha value is -0.810. The minimum absolute atomic E-state index is 0.454. The minimum Gasteiger partial charge on any atom is -0.468 e. The van der Waals surface area contributed by atoms with Gasteiger partial charge in [0, 0.05) is 24.0 Å². The summed E-state index contributed by atoms with van der Waals surface area (Å²) in [6.07, 6.45) is 1.70. The normalized spacial score (nSPS) is 13.1. The van der Waals surface area contributed by atoms with Crippen LogP contribution in [0.2, 0.25) is 4.34 Å². The number of nitrogens with one attached hydrogen (secondary N) is 1. The molecule has 3 nitrogen and oxygen atoms in total. The maximum absolute atomic E-state index is 5.94. The molecular weight excluding hydrogens is 280 g/mol. The van der Waals surface area contributed by atoms with Crippen LogP contribution in [-0.4, -0.2) is 24.5 Å². The first-order chi connectivity index (χ1) is 9.15. The maximum Gasteiger partial charge on any atom is 0.117 e. The molecule has 0 spiro atoms. The largest absolute Gasteiger partial charge is 0.468 e. The van der Waals surface area contributed by atoms with Crippen molar-refractivity contribution in [3.8, 4) is 0 Å². The fourth-order valence-corrected chi connectivity index (χ4v) is 2.96. The number of rotatable bonds is 7. The molecule has 0 saturated heterocycles. The fraction of sp³-hybridized carbons (Fsp3) is 0.429. The molecule has 0 aromatic carbocycles. The van der Waals surface area contributed by atoms with Crippen molar-refractivity contribution in [3.05, 3.63) is 45.5 Å². The van der Waals surface area contributed by atoms with Gasteiger partial charge in [-0.3, -0.25) is 4.90 Å². The molecule has 2 aromatic heterocycles. The van der Waals surface area contributed by atoms with Crippen molar-refractivity contribution >= 4 is 22.9 Å². The Balaban J connectivity index is 1.71. The quantitative estimate of drug-likeness (QED) is 0.846. The first-order valence-corrected chi connectivity index (χ1v) is 7.52. The monoisotopic (exact) mass is 298 g/mol. The van der Waals surface area contributed by atoms with Gasteiger partial charge in [0.1, 0.15) is 5.76 Å². The second-order valence-electron chi connectivity index (χ2n) is 4.68. The molecule has 1 atom stereocenters. The second-order valence-corrected chi connectivity index (χ2v) is 6.48. The van der Waals surface area contributed by atoms with Crippen LogP contribution in [0, 0.1) is 0 Å². The van der Waals surface area contributed by atoms with Gasteiger partial charge in [0.25, 0.3) is 0 Å². The van der Waals surface area contributed by atoms with Crippen LogP contribution >= 0.6 is 22.9 Å². The predicted octanol–water partition coefficient (Wildman–Crippen LogP) is 3.60. The lowest BCUT2D eigenvalue weighted by molar-refractivity contribution is 0.243.